The highest BCUT2D eigenvalue weighted by molar-refractivity contribution is 5.87. The van der Waals surface area contributed by atoms with Crippen molar-refractivity contribution < 1.29 is 28.9 Å². The first kappa shape index (κ1) is 18.1. The van der Waals surface area contributed by atoms with Crippen molar-refractivity contribution >= 4 is 11.9 Å². The molecule has 1 fully saturated rings. The smallest absolute Gasteiger partial charge is 0.329 e. The molecule has 0 saturated carbocycles. The number of methoxy groups -OCH3 is 2. The minimum atomic E-state index is -1.22. The number of carbonyl (C=O) groups is 2. The number of rotatable bonds is 7. The van der Waals surface area contributed by atoms with E-state index in [4.69, 9.17) is 14.2 Å². The SMILES string of the molecule is COc1ccc(CCC(=O)NC2(C(=O)O)CCOCC2)cc1OC. The van der Waals surface area contributed by atoms with Crippen molar-refractivity contribution in [2.45, 2.75) is 31.2 Å². The lowest BCUT2D eigenvalue weighted by Gasteiger charge is -2.33. The van der Waals surface area contributed by atoms with Gasteiger partial charge in [-0.05, 0) is 24.1 Å². The summed E-state index contributed by atoms with van der Waals surface area (Å²) in [5.74, 6) is -0.0704. The van der Waals surface area contributed by atoms with Gasteiger partial charge in [0.1, 0.15) is 5.54 Å². The number of hydrogen-bond acceptors (Lipinski definition) is 5. The van der Waals surface area contributed by atoms with Crippen LogP contribution < -0.4 is 14.8 Å². The Labute approximate surface area is 140 Å². The van der Waals surface area contributed by atoms with E-state index in [2.05, 4.69) is 5.32 Å². The summed E-state index contributed by atoms with van der Waals surface area (Å²) in [6.07, 6.45) is 1.25. The van der Waals surface area contributed by atoms with Gasteiger partial charge in [0, 0.05) is 32.5 Å². The van der Waals surface area contributed by atoms with E-state index in [1.165, 1.54) is 0 Å². The number of hydrogen-bond donors (Lipinski definition) is 2. The van der Waals surface area contributed by atoms with E-state index in [0.29, 0.717) is 31.1 Å². The van der Waals surface area contributed by atoms with Gasteiger partial charge in [-0.1, -0.05) is 6.07 Å². The highest BCUT2D eigenvalue weighted by Gasteiger charge is 2.41. The highest BCUT2D eigenvalue weighted by atomic mass is 16.5. The molecule has 1 aromatic rings. The van der Waals surface area contributed by atoms with Crippen LogP contribution in [0.2, 0.25) is 0 Å². The molecule has 1 amide bonds. The maximum absolute atomic E-state index is 12.2. The van der Waals surface area contributed by atoms with Gasteiger partial charge in [0.05, 0.1) is 14.2 Å². The Morgan fingerprint density at radius 2 is 1.88 bits per heavy atom. The number of benzene rings is 1. The van der Waals surface area contributed by atoms with E-state index in [9.17, 15) is 14.7 Å². The summed E-state index contributed by atoms with van der Waals surface area (Å²) in [6.45, 7) is 0.671. The standard InChI is InChI=1S/C17H23NO6/c1-22-13-5-3-12(11-14(13)23-2)4-6-15(19)18-17(16(20)21)7-9-24-10-8-17/h3,5,11H,4,6-10H2,1-2H3,(H,18,19)(H,20,21). The molecule has 2 N–H and O–H groups in total. The Morgan fingerprint density at radius 1 is 1.21 bits per heavy atom. The van der Waals surface area contributed by atoms with Crippen LogP contribution in [-0.2, 0) is 20.7 Å². The number of aryl methyl sites for hydroxylation is 1. The molecule has 7 nitrogen and oxygen atoms in total. The normalized spacial score (nSPS) is 16.2. The van der Waals surface area contributed by atoms with Crippen molar-refractivity contribution in [1.82, 2.24) is 5.32 Å². The van der Waals surface area contributed by atoms with Crippen LogP contribution in [0, 0.1) is 0 Å². The van der Waals surface area contributed by atoms with E-state index in [-0.39, 0.29) is 25.2 Å². The Kier molecular flexibility index (Phi) is 6.03. The number of amides is 1. The summed E-state index contributed by atoms with van der Waals surface area (Å²) < 4.78 is 15.6. The first-order valence-electron chi connectivity index (χ1n) is 7.84. The van der Waals surface area contributed by atoms with Crippen molar-refractivity contribution in [3.05, 3.63) is 23.8 Å². The molecule has 132 valence electrons. The second kappa shape index (κ2) is 8.01. The second-order valence-corrected chi connectivity index (χ2v) is 5.74. The van der Waals surface area contributed by atoms with Gasteiger partial charge in [-0.3, -0.25) is 4.79 Å². The van der Waals surface area contributed by atoms with Crippen LogP contribution in [0.3, 0.4) is 0 Å². The minimum absolute atomic E-state index is 0.200. The van der Waals surface area contributed by atoms with Crippen LogP contribution in [0.25, 0.3) is 0 Å². The van der Waals surface area contributed by atoms with Gasteiger partial charge >= 0.3 is 5.97 Å². The highest BCUT2D eigenvalue weighted by Crippen LogP contribution is 2.28. The lowest BCUT2D eigenvalue weighted by molar-refractivity contribution is -0.152. The van der Waals surface area contributed by atoms with E-state index >= 15 is 0 Å². The van der Waals surface area contributed by atoms with E-state index in [0.717, 1.165) is 5.56 Å². The van der Waals surface area contributed by atoms with Crippen LogP contribution in [0.4, 0.5) is 0 Å². The molecule has 0 unspecified atom stereocenters. The molecule has 1 heterocycles. The largest absolute Gasteiger partial charge is 0.493 e. The van der Waals surface area contributed by atoms with Gasteiger partial charge in [-0.25, -0.2) is 4.79 Å². The molecule has 1 aliphatic heterocycles. The monoisotopic (exact) mass is 337 g/mol. The second-order valence-electron chi connectivity index (χ2n) is 5.74. The molecule has 2 rings (SSSR count). The molecule has 0 spiro atoms. The zero-order valence-electron chi connectivity index (χ0n) is 14.0. The molecule has 0 aromatic heterocycles. The molecule has 1 aliphatic rings. The van der Waals surface area contributed by atoms with Crippen molar-refractivity contribution in [3.63, 3.8) is 0 Å². The topological polar surface area (TPSA) is 94.1 Å². The van der Waals surface area contributed by atoms with Gasteiger partial charge in [0.15, 0.2) is 11.5 Å². The zero-order valence-corrected chi connectivity index (χ0v) is 14.0. The number of nitrogens with one attached hydrogen (secondary N) is 1. The number of carbonyl (C=O) groups excluding carboxylic acids is 1. The molecular formula is C17H23NO6. The maximum Gasteiger partial charge on any atom is 0.329 e. The van der Waals surface area contributed by atoms with Crippen molar-refractivity contribution in [1.29, 1.82) is 0 Å². The molecule has 7 heteroatoms. The van der Waals surface area contributed by atoms with Gasteiger partial charge in [0.25, 0.3) is 0 Å². The number of carboxylic acid groups (broad SMARTS) is 1. The maximum atomic E-state index is 12.2. The Morgan fingerprint density at radius 3 is 2.46 bits per heavy atom. The quantitative estimate of drug-likeness (QED) is 0.781. The summed E-state index contributed by atoms with van der Waals surface area (Å²) >= 11 is 0. The lowest BCUT2D eigenvalue weighted by atomic mass is 9.90. The van der Waals surface area contributed by atoms with Crippen molar-refractivity contribution in [3.8, 4) is 11.5 Å². The first-order valence-corrected chi connectivity index (χ1v) is 7.84. The predicted molar refractivity (Wildman–Crippen MR) is 86.4 cm³/mol. The summed E-state index contributed by atoms with van der Waals surface area (Å²) in [4.78, 5) is 23.7. The van der Waals surface area contributed by atoms with Gasteiger partial charge in [-0.15, -0.1) is 0 Å². The van der Waals surface area contributed by atoms with Gasteiger partial charge in [0.2, 0.25) is 5.91 Å². The zero-order chi connectivity index (χ0) is 17.6. The van der Waals surface area contributed by atoms with E-state index < -0.39 is 11.5 Å². The van der Waals surface area contributed by atoms with Gasteiger partial charge < -0.3 is 24.6 Å². The Hall–Kier alpha value is -2.28. The fourth-order valence-corrected chi connectivity index (χ4v) is 2.74. The first-order chi connectivity index (χ1) is 11.5. The average Bonchev–Trinajstić information content (AvgIpc) is 2.60. The minimum Gasteiger partial charge on any atom is -0.493 e. The molecule has 1 saturated heterocycles. The third-order valence-corrected chi connectivity index (χ3v) is 4.22. The van der Waals surface area contributed by atoms with Crippen LogP contribution >= 0.6 is 0 Å². The molecule has 0 atom stereocenters. The Bertz CT molecular complexity index is 595. The molecule has 0 radical (unpaired) electrons. The van der Waals surface area contributed by atoms with Crippen molar-refractivity contribution in [2.24, 2.45) is 0 Å². The third kappa shape index (κ3) is 4.17. The fourth-order valence-electron chi connectivity index (χ4n) is 2.74. The van der Waals surface area contributed by atoms with Crippen molar-refractivity contribution in [2.75, 3.05) is 27.4 Å². The number of ether oxygens (including phenoxy) is 3. The van der Waals surface area contributed by atoms with Crippen LogP contribution in [0.5, 0.6) is 11.5 Å². The molecule has 24 heavy (non-hydrogen) atoms. The van der Waals surface area contributed by atoms with Crippen LogP contribution in [0.15, 0.2) is 18.2 Å². The van der Waals surface area contributed by atoms with Crippen LogP contribution in [-0.4, -0.2) is 50.0 Å². The number of carboxylic acids is 1. The summed E-state index contributed by atoms with van der Waals surface area (Å²) in [5.41, 5.74) is -0.299. The predicted octanol–water partition coefficient (Wildman–Crippen LogP) is 1.39. The average molecular weight is 337 g/mol. The summed E-state index contributed by atoms with van der Waals surface area (Å²) in [7, 11) is 3.11. The van der Waals surface area contributed by atoms with Gasteiger partial charge in [-0.2, -0.15) is 0 Å². The summed E-state index contributed by atoms with van der Waals surface area (Å²) in [6, 6.07) is 5.45. The van der Waals surface area contributed by atoms with E-state index in [1.54, 1.807) is 20.3 Å². The van der Waals surface area contributed by atoms with Crippen LogP contribution in [0.1, 0.15) is 24.8 Å². The molecule has 0 aliphatic carbocycles. The Balaban J connectivity index is 1.96. The fraction of sp³-hybridized carbons (Fsp3) is 0.529. The molecule has 1 aromatic carbocycles. The van der Waals surface area contributed by atoms with E-state index in [1.807, 2.05) is 12.1 Å². The molecule has 0 bridgehead atoms. The number of aliphatic carboxylic acids is 1. The lowest BCUT2D eigenvalue weighted by Crippen LogP contribution is -2.57. The summed E-state index contributed by atoms with van der Waals surface area (Å²) in [5, 5.41) is 12.1. The molecular weight excluding hydrogens is 314 g/mol. The third-order valence-electron chi connectivity index (χ3n) is 4.22.